The number of nitrogens with one attached hydrogen (secondary N) is 1. The second kappa shape index (κ2) is 11.1. The number of hydrogen-bond acceptors (Lipinski definition) is 7. The van der Waals surface area contributed by atoms with Crippen LogP contribution in [0.4, 0.5) is 10.1 Å². The molecule has 184 valence electrons. The molecule has 0 aliphatic rings. The van der Waals surface area contributed by atoms with Crippen LogP contribution in [-0.4, -0.2) is 27.0 Å². The van der Waals surface area contributed by atoms with Crippen molar-refractivity contribution in [2.75, 3.05) is 5.73 Å². The van der Waals surface area contributed by atoms with Gasteiger partial charge in [-0.1, -0.05) is 48.5 Å². The molecule has 4 aromatic rings. The van der Waals surface area contributed by atoms with Gasteiger partial charge in [-0.2, -0.15) is 4.37 Å². The topological polar surface area (TPSA) is 131 Å². The molecule has 2 aromatic heterocycles. The second-order valence-electron chi connectivity index (χ2n) is 7.81. The molecule has 0 fully saturated rings. The minimum absolute atomic E-state index is 0.0108. The van der Waals surface area contributed by atoms with E-state index in [1.54, 1.807) is 0 Å². The molecule has 3 amide bonds. The van der Waals surface area contributed by atoms with Crippen LogP contribution in [0, 0.1) is 5.82 Å². The Labute approximate surface area is 214 Å². The second-order valence-corrected chi connectivity index (χ2v) is 9.61. The molecule has 4 rings (SSSR count). The average Bonchev–Trinajstić information content (AvgIpc) is 3.53. The van der Waals surface area contributed by atoms with Gasteiger partial charge in [-0.25, -0.2) is 4.39 Å². The molecule has 0 spiro atoms. The molecule has 2 aromatic carbocycles. The number of amides is 3. The molecule has 0 aliphatic heterocycles. The molecule has 0 unspecified atom stereocenters. The number of nitrogen functional groups attached to an aromatic ring is 1. The van der Waals surface area contributed by atoms with Gasteiger partial charge in [0, 0.05) is 11.4 Å². The Morgan fingerprint density at radius 1 is 1.03 bits per heavy atom. The lowest BCUT2D eigenvalue weighted by molar-refractivity contribution is -0.126. The van der Waals surface area contributed by atoms with Crippen molar-refractivity contribution in [3.05, 3.63) is 105 Å². The van der Waals surface area contributed by atoms with E-state index in [4.69, 9.17) is 11.5 Å². The minimum atomic E-state index is -1.12. The summed E-state index contributed by atoms with van der Waals surface area (Å²) in [6.45, 7) is 0.299. The highest BCUT2D eigenvalue weighted by Gasteiger charge is 2.35. The van der Waals surface area contributed by atoms with Gasteiger partial charge in [0.25, 0.3) is 11.8 Å². The highest BCUT2D eigenvalue weighted by atomic mass is 32.1. The maximum absolute atomic E-state index is 13.8. The maximum atomic E-state index is 13.8. The molecule has 2 heterocycles. The third-order valence-corrected chi connectivity index (χ3v) is 7.09. The van der Waals surface area contributed by atoms with Crippen LogP contribution in [0.3, 0.4) is 0 Å². The van der Waals surface area contributed by atoms with Crippen LogP contribution >= 0.6 is 22.9 Å². The smallest absolute Gasteiger partial charge is 0.270 e. The fourth-order valence-electron chi connectivity index (χ4n) is 3.61. The van der Waals surface area contributed by atoms with Crippen LogP contribution < -0.4 is 16.8 Å². The number of carbonyl (C=O) groups excluding carboxylic acids is 3. The van der Waals surface area contributed by atoms with E-state index in [0.717, 1.165) is 22.0 Å². The summed E-state index contributed by atoms with van der Waals surface area (Å²) in [6.07, 6.45) is 0. The minimum Gasteiger partial charge on any atom is -0.395 e. The molecule has 0 radical (unpaired) electrons. The molecule has 0 bridgehead atoms. The van der Waals surface area contributed by atoms with Crippen molar-refractivity contribution in [2.45, 2.75) is 19.1 Å². The van der Waals surface area contributed by atoms with Crippen LogP contribution in [0.25, 0.3) is 0 Å². The van der Waals surface area contributed by atoms with Gasteiger partial charge in [0.05, 0.1) is 12.2 Å². The highest BCUT2D eigenvalue weighted by molar-refractivity contribution is 7.10. The van der Waals surface area contributed by atoms with Gasteiger partial charge < -0.3 is 21.7 Å². The predicted molar refractivity (Wildman–Crippen MR) is 137 cm³/mol. The molecule has 0 aliphatic carbocycles. The van der Waals surface area contributed by atoms with Crippen LogP contribution in [-0.2, 0) is 17.9 Å². The van der Waals surface area contributed by atoms with Crippen molar-refractivity contribution in [3.8, 4) is 0 Å². The number of nitrogens with two attached hydrogens (primary N) is 2. The summed E-state index contributed by atoms with van der Waals surface area (Å²) in [4.78, 5) is 41.2. The molecule has 5 N–H and O–H groups in total. The van der Waals surface area contributed by atoms with Gasteiger partial charge in [0.1, 0.15) is 16.7 Å². The zero-order valence-corrected chi connectivity index (χ0v) is 20.5. The largest absolute Gasteiger partial charge is 0.395 e. The number of carbonyl (C=O) groups is 3. The van der Waals surface area contributed by atoms with Crippen LogP contribution in [0.1, 0.15) is 42.2 Å². The van der Waals surface area contributed by atoms with E-state index >= 15 is 0 Å². The molecular formula is C25H22FN5O3S2. The van der Waals surface area contributed by atoms with E-state index < -0.39 is 29.6 Å². The molecule has 36 heavy (non-hydrogen) atoms. The first-order valence-corrected chi connectivity index (χ1v) is 12.5. The van der Waals surface area contributed by atoms with E-state index in [1.807, 2.05) is 47.8 Å². The van der Waals surface area contributed by atoms with E-state index in [1.165, 1.54) is 40.5 Å². The van der Waals surface area contributed by atoms with E-state index in [0.29, 0.717) is 5.56 Å². The molecule has 0 saturated heterocycles. The Morgan fingerprint density at radius 3 is 2.36 bits per heavy atom. The number of rotatable bonds is 9. The lowest BCUT2D eigenvalue weighted by Crippen LogP contribution is -2.43. The van der Waals surface area contributed by atoms with Crippen molar-refractivity contribution in [2.24, 2.45) is 5.73 Å². The fraction of sp³-hybridized carbons (Fsp3) is 0.120. The Morgan fingerprint density at radius 2 is 1.75 bits per heavy atom. The first kappa shape index (κ1) is 25.0. The highest BCUT2D eigenvalue weighted by Crippen LogP contribution is 2.31. The molecule has 11 heteroatoms. The summed E-state index contributed by atoms with van der Waals surface area (Å²) in [7, 11) is 0. The Bertz CT molecular complexity index is 1360. The van der Waals surface area contributed by atoms with E-state index in [-0.39, 0.29) is 29.3 Å². The lowest BCUT2D eigenvalue weighted by atomic mass is 10.0. The molecule has 1 atom stereocenters. The zero-order valence-electron chi connectivity index (χ0n) is 18.9. The number of benzene rings is 2. The number of hydrogen-bond donors (Lipinski definition) is 3. The quantitative estimate of drug-likeness (QED) is 0.308. The van der Waals surface area contributed by atoms with Gasteiger partial charge in [0.2, 0.25) is 5.91 Å². The van der Waals surface area contributed by atoms with Crippen molar-refractivity contribution >= 4 is 46.3 Å². The van der Waals surface area contributed by atoms with E-state index in [2.05, 4.69) is 9.69 Å². The predicted octanol–water partition coefficient (Wildman–Crippen LogP) is 3.72. The molecular weight excluding hydrogens is 501 g/mol. The van der Waals surface area contributed by atoms with Crippen LogP contribution in [0.15, 0.2) is 72.1 Å². The summed E-state index contributed by atoms with van der Waals surface area (Å²) in [5.74, 6) is -2.40. The van der Waals surface area contributed by atoms with Crippen molar-refractivity contribution in [3.63, 3.8) is 0 Å². The summed E-state index contributed by atoms with van der Waals surface area (Å²) in [5.41, 5.74) is 12.3. The lowest BCUT2D eigenvalue weighted by Gasteiger charge is -2.31. The van der Waals surface area contributed by atoms with Gasteiger partial charge in [-0.3, -0.25) is 14.4 Å². The third kappa shape index (κ3) is 5.58. The average molecular weight is 524 g/mol. The Hall–Kier alpha value is -4.09. The first-order valence-electron chi connectivity index (χ1n) is 10.8. The number of anilines is 1. The van der Waals surface area contributed by atoms with Gasteiger partial charge in [-0.15, -0.1) is 11.3 Å². The van der Waals surface area contributed by atoms with Crippen molar-refractivity contribution < 1.29 is 18.8 Å². The van der Waals surface area contributed by atoms with Gasteiger partial charge >= 0.3 is 0 Å². The zero-order chi connectivity index (χ0) is 25.7. The summed E-state index contributed by atoms with van der Waals surface area (Å²) < 4.78 is 17.7. The van der Waals surface area contributed by atoms with Gasteiger partial charge in [-0.05, 0) is 46.2 Å². The van der Waals surface area contributed by atoms with Crippen LogP contribution in [0.2, 0.25) is 0 Å². The SMILES string of the molecule is NC(=O)c1nsc(C(=O)N(Cc2cccs2)[C@H](C(=O)NCc2ccccc2)c2ccc(F)cc2)c1N. The first-order chi connectivity index (χ1) is 17.3. The van der Waals surface area contributed by atoms with Crippen molar-refractivity contribution in [1.82, 2.24) is 14.6 Å². The Kier molecular flexibility index (Phi) is 7.71. The summed E-state index contributed by atoms with van der Waals surface area (Å²) >= 11 is 2.15. The number of nitrogens with zero attached hydrogens (tertiary/aromatic N) is 2. The third-order valence-electron chi connectivity index (χ3n) is 5.38. The monoisotopic (exact) mass is 523 g/mol. The van der Waals surface area contributed by atoms with Crippen LogP contribution in [0.5, 0.6) is 0 Å². The standard InChI is InChI=1S/C25H22FN5O3S2/c26-17-10-8-16(9-11-17)21(24(33)29-13-15-5-2-1-3-6-15)31(14-18-7-4-12-35-18)25(34)22-19(27)20(23(28)32)30-36-22/h1-12,21H,13-14,27H2,(H2,28,32)(H,29,33)/t21-/m0/s1. The van der Waals surface area contributed by atoms with Crippen molar-refractivity contribution in [1.29, 1.82) is 0 Å². The normalized spacial score (nSPS) is 11.6. The van der Waals surface area contributed by atoms with Gasteiger partial charge in [0.15, 0.2) is 5.69 Å². The summed E-state index contributed by atoms with van der Waals surface area (Å²) in [5, 5.41) is 4.73. The fourth-order valence-corrected chi connectivity index (χ4v) is 5.07. The summed E-state index contributed by atoms with van der Waals surface area (Å²) in [6, 6.07) is 17.2. The number of thiophene rings is 1. The number of halogens is 1. The Balaban J connectivity index is 1.75. The number of aromatic nitrogens is 1. The molecule has 8 nitrogen and oxygen atoms in total. The van der Waals surface area contributed by atoms with E-state index in [9.17, 15) is 18.8 Å². The number of primary amides is 1. The maximum Gasteiger partial charge on any atom is 0.270 e. The molecule has 0 saturated carbocycles.